The lowest BCUT2D eigenvalue weighted by Crippen LogP contribution is -2.38. The Morgan fingerprint density at radius 3 is 2.57 bits per heavy atom. The van der Waals surface area contributed by atoms with Crippen LogP contribution in [0.5, 0.6) is 0 Å². The predicted molar refractivity (Wildman–Crippen MR) is 88.6 cm³/mol. The molecule has 0 spiro atoms. The van der Waals surface area contributed by atoms with Crippen LogP contribution in [0.1, 0.15) is 44.2 Å². The van der Waals surface area contributed by atoms with Gasteiger partial charge in [-0.3, -0.25) is 0 Å². The molecule has 1 aliphatic rings. The number of benzene rings is 1. The minimum absolute atomic E-state index is 0.476. The van der Waals surface area contributed by atoms with Gasteiger partial charge in [0.15, 0.2) is 0 Å². The number of ether oxygens (including phenoxy) is 1. The Labute approximate surface area is 129 Å². The molecular formula is C18H30N2O. The van der Waals surface area contributed by atoms with Crippen molar-refractivity contribution in [3.05, 3.63) is 35.9 Å². The van der Waals surface area contributed by atoms with E-state index in [9.17, 15) is 0 Å². The van der Waals surface area contributed by atoms with E-state index in [2.05, 4.69) is 47.5 Å². The first-order chi connectivity index (χ1) is 10.3. The van der Waals surface area contributed by atoms with Gasteiger partial charge in [0.25, 0.3) is 0 Å². The van der Waals surface area contributed by atoms with Gasteiger partial charge in [0.2, 0.25) is 0 Å². The fourth-order valence-corrected chi connectivity index (χ4v) is 3.07. The van der Waals surface area contributed by atoms with Crippen LogP contribution in [0, 0.1) is 0 Å². The topological polar surface area (TPSA) is 24.5 Å². The molecule has 1 saturated heterocycles. The van der Waals surface area contributed by atoms with E-state index in [-0.39, 0.29) is 0 Å². The van der Waals surface area contributed by atoms with Crippen molar-refractivity contribution in [2.24, 2.45) is 0 Å². The van der Waals surface area contributed by atoms with E-state index in [0.29, 0.717) is 12.1 Å². The summed E-state index contributed by atoms with van der Waals surface area (Å²) in [5, 5.41) is 3.69. The molecule has 1 aliphatic heterocycles. The van der Waals surface area contributed by atoms with Crippen LogP contribution in [-0.4, -0.2) is 44.3 Å². The molecule has 1 unspecified atom stereocenters. The summed E-state index contributed by atoms with van der Waals surface area (Å²) >= 11 is 0. The zero-order valence-corrected chi connectivity index (χ0v) is 13.6. The minimum Gasteiger partial charge on any atom is -0.381 e. The van der Waals surface area contributed by atoms with Crippen molar-refractivity contribution in [1.29, 1.82) is 0 Å². The van der Waals surface area contributed by atoms with Crippen molar-refractivity contribution in [3.8, 4) is 0 Å². The SMILES string of the molecule is CCCNC(CCN1CCC(OC)CC1)c1ccccc1. The van der Waals surface area contributed by atoms with Gasteiger partial charge in [0.05, 0.1) is 6.10 Å². The standard InChI is InChI=1S/C18H30N2O/c1-3-12-19-18(16-7-5-4-6-8-16)11-15-20-13-9-17(21-2)10-14-20/h4-8,17-19H,3,9-15H2,1-2H3. The van der Waals surface area contributed by atoms with Crippen LogP contribution in [-0.2, 0) is 4.74 Å². The average molecular weight is 290 g/mol. The molecule has 2 rings (SSSR count). The zero-order valence-electron chi connectivity index (χ0n) is 13.6. The molecule has 118 valence electrons. The molecular weight excluding hydrogens is 260 g/mol. The van der Waals surface area contributed by atoms with Gasteiger partial charge < -0.3 is 15.0 Å². The summed E-state index contributed by atoms with van der Waals surface area (Å²) in [5.41, 5.74) is 1.41. The van der Waals surface area contributed by atoms with Crippen molar-refractivity contribution >= 4 is 0 Å². The lowest BCUT2D eigenvalue weighted by Gasteiger charge is -2.32. The van der Waals surface area contributed by atoms with Crippen LogP contribution in [0.15, 0.2) is 30.3 Å². The molecule has 0 aliphatic carbocycles. The van der Waals surface area contributed by atoms with Crippen LogP contribution in [0.25, 0.3) is 0 Å². The smallest absolute Gasteiger partial charge is 0.0595 e. The predicted octanol–water partition coefficient (Wildman–Crippen LogP) is 3.23. The quantitative estimate of drug-likeness (QED) is 0.795. The number of methoxy groups -OCH3 is 1. The first-order valence-corrected chi connectivity index (χ1v) is 8.37. The Hall–Kier alpha value is -0.900. The Bertz CT molecular complexity index is 374. The number of likely N-dealkylation sites (tertiary alicyclic amines) is 1. The highest BCUT2D eigenvalue weighted by atomic mass is 16.5. The van der Waals surface area contributed by atoms with Crippen LogP contribution in [0.4, 0.5) is 0 Å². The summed E-state index contributed by atoms with van der Waals surface area (Å²) in [5.74, 6) is 0. The Morgan fingerprint density at radius 1 is 1.24 bits per heavy atom. The molecule has 0 radical (unpaired) electrons. The summed E-state index contributed by atoms with van der Waals surface area (Å²) in [6, 6.07) is 11.3. The molecule has 21 heavy (non-hydrogen) atoms. The largest absolute Gasteiger partial charge is 0.381 e. The van der Waals surface area contributed by atoms with Gasteiger partial charge in [-0.2, -0.15) is 0 Å². The van der Waals surface area contributed by atoms with Crippen molar-refractivity contribution in [3.63, 3.8) is 0 Å². The normalized spacial score (nSPS) is 18.8. The molecule has 3 nitrogen and oxygen atoms in total. The molecule has 0 bridgehead atoms. The van der Waals surface area contributed by atoms with Gasteiger partial charge in [-0.25, -0.2) is 0 Å². The van der Waals surface area contributed by atoms with Crippen molar-refractivity contribution in [2.75, 3.05) is 33.3 Å². The van der Waals surface area contributed by atoms with Gasteiger partial charge in [-0.15, -0.1) is 0 Å². The second kappa shape index (κ2) is 9.19. The van der Waals surface area contributed by atoms with Crippen molar-refractivity contribution < 1.29 is 4.74 Å². The van der Waals surface area contributed by atoms with Crippen LogP contribution < -0.4 is 5.32 Å². The molecule has 0 saturated carbocycles. The molecule has 3 heteroatoms. The Balaban J connectivity index is 1.82. The van der Waals surface area contributed by atoms with Crippen LogP contribution in [0.2, 0.25) is 0 Å². The number of piperidine rings is 1. The maximum atomic E-state index is 5.45. The van der Waals surface area contributed by atoms with Crippen molar-refractivity contribution in [2.45, 2.75) is 44.8 Å². The van der Waals surface area contributed by atoms with Gasteiger partial charge in [0, 0.05) is 26.2 Å². The molecule has 1 heterocycles. The number of hydrogen-bond acceptors (Lipinski definition) is 3. The molecule has 1 aromatic rings. The molecule has 1 aromatic carbocycles. The molecule has 1 fully saturated rings. The number of rotatable bonds is 8. The molecule has 1 atom stereocenters. The third kappa shape index (κ3) is 5.42. The fourth-order valence-electron chi connectivity index (χ4n) is 3.07. The molecule has 0 amide bonds. The first-order valence-electron chi connectivity index (χ1n) is 8.37. The van der Waals surface area contributed by atoms with E-state index in [4.69, 9.17) is 4.74 Å². The number of nitrogens with one attached hydrogen (secondary N) is 1. The number of nitrogens with zero attached hydrogens (tertiary/aromatic N) is 1. The van der Waals surface area contributed by atoms with Gasteiger partial charge in [0.1, 0.15) is 0 Å². The summed E-state index contributed by atoms with van der Waals surface area (Å²) in [6.45, 7) is 6.84. The summed E-state index contributed by atoms with van der Waals surface area (Å²) < 4.78 is 5.45. The van der Waals surface area contributed by atoms with E-state index in [1.165, 1.54) is 50.9 Å². The third-order valence-electron chi connectivity index (χ3n) is 4.44. The van der Waals surface area contributed by atoms with Crippen molar-refractivity contribution in [1.82, 2.24) is 10.2 Å². The third-order valence-corrected chi connectivity index (χ3v) is 4.44. The van der Waals surface area contributed by atoms with Crippen LogP contribution in [0.3, 0.4) is 0 Å². The first kappa shape index (κ1) is 16.5. The minimum atomic E-state index is 0.476. The van der Waals surface area contributed by atoms with Gasteiger partial charge in [-0.05, 0) is 44.3 Å². The van der Waals surface area contributed by atoms with E-state index < -0.39 is 0 Å². The Morgan fingerprint density at radius 2 is 1.95 bits per heavy atom. The molecule has 0 aromatic heterocycles. The van der Waals surface area contributed by atoms with E-state index in [0.717, 1.165) is 6.54 Å². The second-order valence-electron chi connectivity index (χ2n) is 5.98. The maximum absolute atomic E-state index is 5.45. The van der Waals surface area contributed by atoms with E-state index >= 15 is 0 Å². The zero-order chi connectivity index (χ0) is 14.9. The van der Waals surface area contributed by atoms with Gasteiger partial charge >= 0.3 is 0 Å². The van der Waals surface area contributed by atoms with E-state index in [1.54, 1.807) is 0 Å². The second-order valence-corrected chi connectivity index (χ2v) is 5.98. The fraction of sp³-hybridized carbons (Fsp3) is 0.667. The lowest BCUT2D eigenvalue weighted by molar-refractivity contribution is 0.0401. The summed E-state index contributed by atoms with van der Waals surface area (Å²) in [7, 11) is 1.83. The highest BCUT2D eigenvalue weighted by Gasteiger charge is 2.19. The average Bonchev–Trinajstić information content (AvgIpc) is 2.56. The lowest BCUT2D eigenvalue weighted by atomic mass is 10.0. The number of hydrogen-bond donors (Lipinski definition) is 1. The Kier molecular flexibility index (Phi) is 7.20. The highest BCUT2D eigenvalue weighted by Crippen LogP contribution is 2.19. The summed E-state index contributed by atoms with van der Waals surface area (Å²) in [6.07, 6.45) is 5.19. The maximum Gasteiger partial charge on any atom is 0.0595 e. The van der Waals surface area contributed by atoms with Crippen LogP contribution >= 0.6 is 0 Å². The highest BCUT2D eigenvalue weighted by molar-refractivity contribution is 5.18. The van der Waals surface area contributed by atoms with Gasteiger partial charge in [-0.1, -0.05) is 37.3 Å². The van der Waals surface area contributed by atoms with E-state index in [1.807, 2.05) is 7.11 Å². The molecule has 1 N–H and O–H groups in total. The summed E-state index contributed by atoms with van der Waals surface area (Å²) in [4.78, 5) is 2.58. The monoisotopic (exact) mass is 290 g/mol.